The highest BCUT2D eigenvalue weighted by molar-refractivity contribution is 7.11. The van der Waals surface area contributed by atoms with E-state index < -0.39 is 6.29 Å². The molecule has 0 saturated carbocycles. The summed E-state index contributed by atoms with van der Waals surface area (Å²) in [7, 11) is 0. The van der Waals surface area contributed by atoms with Gasteiger partial charge in [0.2, 0.25) is 0 Å². The van der Waals surface area contributed by atoms with Crippen molar-refractivity contribution >= 4 is 17.4 Å². The minimum atomic E-state index is -1.37. The summed E-state index contributed by atoms with van der Waals surface area (Å²) in [4.78, 5) is 5.17. The van der Waals surface area contributed by atoms with Gasteiger partial charge in [0.1, 0.15) is 12.4 Å². The fraction of sp³-hybridized carbons (Fsp3) is 0.355. The quantitative estimate of drug-likeness (QED) is 0.309. The predicted octanol–water partition coefficient (Wildman–Crippen LogP) is 5.70. The summed E-state index contributed by atoms with van der Waals surface area (Å²) in [6.07, 6.45) is 5.93. The number of piperidine rings is 1. The highest BCUT2D eigenvalue weighted by atomic mass is 32.1. The standard InChI is InChI=1S/C31H33NO3S/c1-2-5-25(20-30(33)34)23-8-10-26(11-9-23)35-22-28-13-12-27(36-28)21-32-18-16-31(17-19-32)15-14-24-6-3-4-7-29(24)31/h3-4,6-15,25,30,33-34H,16-22H2,1H3. The summed E-state index contributed by atoms with van der Waals surface area (Å²) in [5, 5.41) is 18.6. The zero-order valence-corrected chi connectivity index (χ0v) is 21.5. The zero-order valence-electron chi connectivity index (χ0n) is 20.7. The molecule has 3 aromatic rings. The van der Waals surface area contributed by atoms with Crippen molar-refractivity contribution in [3.05, 3.63) is 93.2 Å². The molecule has 5 rings (SSSR count). The van der Waals surface area contributed by atoms with Gasteiger partial charge in [0, 0.05) is 34.1 Å². The fourth-order valence-electron chi connectivity index (χ4n) is 5.40. The molecule has 1 aromatic heterocycles. The van der Waals surface area contributed by atoms with E-state index in [1.807, 2.05) is 35.6 Å². The van der Waals surface area contributed by atoms with Gasteiger partial charge >= 0.3 is 0 Å². The normalized spacial score (nSPS) is 17.1. The van der Waals surface area contributed by atoms with E-state index in [1.165, 1.54) is 33.7 Å². The molecule has 4 nitrogen and oxygen atoms in total. The Morgan fingerprint density at radius 1 is 1.00 bits per heavy atom. The highest BCUT2D eigenvalue weighted by Crippen LogP contribution is 2.43. The van der Waals surface area contributed by atoms with Gasteiger partial charge in [-0.15, -0.1) is 17.3 Å². The predicted molar refractivity (Wildman–Crippen MR) is 146 cm³/mol. The lowest BCUT2D eigenvalue weighted by Gasteiger charge is -2.39. The van der Waals surface area contributed by atoms with E-state index in [0.717, 1.165) is 30.9 Å². The van der Waals surface area contributed by atoms with Crippen molar-refractivity contribution in [3.8, 4) is 17.6 Å². The summed E-state index contributed by atoms with van der Waals surface area (Å²) in [6, 6.07) is 21.0. The molecule has 2 aliphatic rings. The number of rotatable bonds is 8. The Hall–Kier alpha value is -2.88. The number of thiophene rings is 1. The molecule has 0 radical (unpaired) electrons. The molecule has 1 aliphatic carbocycles. The molecule has 36 heavy (non-hydrogen) atoms. The van der Waals surface area contributed by atoms with Crippen LogP contribution in [-0.2, 0) is 18.6 Å². The molecule has 0 bridgehead atoms. The minimum absolute atomic E-state index is 0.195. The van der Waals surface area contributed by atoms with Crippen LogP contribution in [0.4, 0.5) is 0 Å². The van der Waals surface area contributed by atoms with Crippen molar-refractivity contribution in [1.29, 1.82) is 0 Å². The van der Waals surface area contributed by atoms with Gasteiger partial charge in [-0.1, -0.05) is 54.5 Å². The lowest BCUT2D eigenvalue weighted by Crippen LogP contribution is -2.40. The lowest BCUT2D eigenvalue weighted by atomic mass is 9.74. The molecule has 1 unspecified atom stereocenters. The van der Waals surface area contributed by atoms with Crippen molar-refractivity contribution in [2.75, 3.05) is 13.1 Å². The Balaban J connectivity index is 1.12. The van der Waals surface area contributed by atoms with Crippen molar-refractivity contribution in [3.63, 3.8) is 0 Å². The third kappa shape index (κ3) is 5.58. The second-order valence-electron chi connectivity index (χ2n) is 9.74. The molecular weight excluding hydrogens is 466 g/mol. The third-order valence-electron chi connectivity index (χ3n) is 7.35. The first kappa shape index (κ1) is 24.8. The lowest BCUT2D eigenvalue weighted by molar-refractivity contribution is -0.0468. The van der Waals surface area contributed by atoms with Crippen LogP contribution >= 0.6 is 11.3 Å². The number of benzene rings is 2. The number of hydrogen-bond donors (Lipinski definition) is 2. The summed E-state index contributed by atoms with van der Waals surface area (Å²) < 4.78 is 6.02. The Morgan fingerprint density at radius 2 is 1.75 bits per heavy atom. The third-order valence-corrected chi connectivity index (χ3v) is 8.40. The van der Waals surface area contributed by atoms with Gasteiger partial charge in [0.15, 0.2) is 6.29 Å². The van der Waals surface area contributed by atoms with Crippen LogP contribution in [0.3, 0.4) is 0 Å². The number of nitrogens with zero attached hydrogens (tertiary/aromatic N) is 1. The average molecular weight is 500 g/mol. The number of aliphatic hydroxyl groups excluding tert-OH is 1. The number of allylic oxidation sites excluding steroid dienone is 1. The number of ether oxygens (including phenoxy) is 1. The number of hydrogen-bond acceptors (Lipinski definition) is 5. The molecular formula is C31H33NO3S. The summed E-state index contributed by atoms with van der Waals surface area (Å²) in [5.41, 5.74) is 4.09. The monoisotopic (exact) mass is 499 g/mol. The maximum atomic E-state index is 9.32. The summed E-state index contributed by atoms with van der Waals surface area (Å²) in [5.74, 6) is 6.52. The highest BCUT2D eigenvalue weighted by Gasteiger charge is 2.37. The van der Waals surface area contributed by atoms with Crippen molar-refractivity contribution < 1.29 is 14.9 Å². The largest absolute Gasteiger partial charge is 0.488 e. The van der Waals surface area contributed by atoms with Crippen molar-refractivity contribution in [2.24, 2.45) is 0 Å². The van der Waals surface area contributed by atoms with Crippen LogP contribution < -0.4 is 4.74 Å². The van der Waals surface area contributed by atoms with E-state index in [2.05, 4.69) is 65.3 Å². The average Bonchev–Trinajstić information content (AvgIpc) is 3.49. The van der Waals surface area contributed by atoms with Crippen LogP contribution in [-0.4, -0.2) is 34.5 Å². The van der Waals surface area contributed by atoms with E-state index in [1.54, 1.807) is 6.92 Å². The Labute approximate surface area is 217 Å². The molecule has 1 aliphatic heterocycles. The molecule has 1 atom stereocenters. The molecule has 2 aromatic carbocycles. The Kier molecular flexibility index (Phi) is 7.59. The van der Waals surface area contributed by atoms with E-state index in [9.17, 15) is 10.2 Å². The number of fused-ring (bicyclic) bond motifs is 2. The maximum absolute atomic E-state index is 9.32. The second kappa shape index (κ2) is 11.0. The van der Waals surface area contributed by atoms with Crippen LogP contribution in [0.25, 0.3) is 6.08 Å². The summed E-state index contributed by atoms with van der Waals surface area (Å²) in [6.45, 7) is 5.54. The first-order valence-corrected chi connectivity index (χ1v) is 13.5. The number of likely N-dealkylation sites (tertiary alicyclic amines) is 1. The molecule has 1 fully saturated rings. The van der Waals surface area contributed by atoms with E-state index in [-0.39, 0.29) is 17.8 Å². The zero-order chi connectivity index (χ0) is 25.0. The summed E-state index contributed by atoms with van der Waals surface area (Å²) >= 11 is 1.83. The van der Waals surface area contributed by atoms with Gasteiger partial charge < -0.3 is 14.9 Å². The Bertz CT molecular complexity index is 1260. The van der Waals surface area contributed by atoms with Gasteiger partial charge in [-0.25, -0.2) is 0 Å². The van der Waals surface area contributed by atoms with Crippen LogP contribution in [0.15, 0.2) is 66.7 Å². The topological polar surface area (TPSA) is 52.9 Å². The second-order valence-corrected chi connectivity index (χ2v) is 11.0. The van der Waals surface area contributed by atoms with E-state index >= 15 is 0 Å². The SMILES string of the molecule is CC#CC(CC(O)O)c1ccc(OCc2ccc(CN3CCC4(C=Cc5ccccc54)CC3)s2)cc1. The molecule has 2 N–H and O–H groups in total. The first-order valence-electron chi connectivity index (χ1n) is 12.6. The van der Waals surface area contributed by atoms with E-state index in [4.69, 9.17) is 4.74 Å². The van der Waals surface area contributed by atoms with Gasteiger partial charge in [0.05, 0.1) is 0 Å². The smallest absolute Gasteiger partial charge is 0.152 e. The molecule has 2 heterocycles. The first-order chi connectivity index (χ1) is 17.5. The van der Waals surface area contributed by atoms with Crippen molar-refractivity contribution in [1.82, 2.24) is 4.90 Å². The molecule has 186 valence electrons. The molecule has 5 heteroatoms. The van der Waals surface area contributed by atoms with E-state index in [0.29, 0.717) is 6.61 Å². The van der Waals surface area contributed by atoms with Crippen LogP contribution in [0.2, 0.25) is 0 Å². The minimum Gasteiger partial charge on any atom is -0.488 e. The van der Waals surface area contributed by atoms with Crippen molar-refractivity contribution in [2.45, 2.75) is 57.0 Å². The van der Waals surface area contributed by atoms with Crippen LogP contribution in [0.5, 0.6) is 5.75 Å². The maximum Gasteiger partial charge on any atom is 0.152 e. The van der Waals surface area contributed by atoms with Crippen LogP contribution in [0.1, 0.15) is 58.5 Å². The molecule has 1 spiro atoms. The van der Waals surface area contributed by atoms with Crippen LogP contribution in [0, 0.1) is 11.8 Å². The van der Waals surface area contributed by atoms with Gasteiger partial charge in [-0.05, 0) is 73.8 Å². The molecule has 1 saturated heterocycles. The van der Waals surface area contributed by atoms with Gasteiger partial charge in [-0.3, -0.25) is 4.90 Å². The molecule has 0 amide bonds. The van der Waals surface area contributed by atoms with Gasteiger partial charge in [0.25, 0.3) is 0 Å². The van der Waals surface area contributed by atoms with Gasteiger partial charge in [-0.2, -0.15) is 0 Å². The number of aliphatic hydroxyl groups is 2. The Morgan fingerprint density at radius 3 is 2.50 bits per heavy atom. The fourth-order valence-corrected chi connectivity index (χ4v) is 6.37.